The van der Waals surface area contributed by atoms with E-state index in [9.17, 15) is 13.2 Å². The second-order valence-electron chi connectivity index (χ2n) is 7.57. The molecule has 3 aromatic rings. The van der Waals surface area contributed by atoms with Gasteiger partial charge in [-0.1, -0.05) is 18.2 Å². The fourth-order valence-corrected chi connectivity index (χ4v) is 3.53. The molecule has 5 nitrogen and oxygen atoms in total. The summed E-state index contributed by atoms with van der Waals surface area (Å²) >= 11 is 0. The monoisotopic (exact) mass is 428 g/mol. The molecule has 0 spiro atoms. The van der Waals surface area contributed by atoms with Crippen LogP contribution in [0, 0.1) is 6.92 Å². The maximum Gasteiger partial charge on any atom is 0.421 e. The van der Waals surface area contributed by atoms with Gasteiger partial charge in [0.1, 0.15) is 17.1 Å². The number of para-hydroxylation sites is 1. The molecule has 0 unspecified atom stereocenters. The number of benzene rings is 2. The fourth-order valence-electron chi connectivity index (χ4n) is 3.53. The lowest BCUT2D eigenvalue weighted by Gasteiger charge is -2.16. The van der Waals surface area contributed by atoms with Crippen LogP contribution in [0.3, 0.4) is 0 Å². The Morgan fingerprint density at radius 2 is 1.68 bits per heavy atom. The molecule has 162 valence electrons. The van der Waals surface area contributed by atoms with Crippen LogP contribution in [0.4, 0.5) is 36.3 Å². The van der Waals surface area contributed by atoms with Crippen LogP contribution in [0.25, 0.3) is 0 Å². The van der Waals surface area contributed by atoms with E-state index in [1.807, 2.05) is 31.2 Å². The molecule has 1 aliphatic rings. The summed E-state index contributed by atoms with van der Waals surface area (Å²) in [6.07, 6.45) is 0.808. The van der Waals surface area contributed by atoms with Gasteiger partial charge in [-0.05, 0) is 68.5 Å². The molecular weight excluding hydrogens is 405 g/mol. The molecule has 1 saturated carbocycles. The molecule has 0 radical (unpaired) electrons. The van der Waals surface area contributed by atoms with Gasteiger partial charge in [0, 0.05) is 17.6 Å². The Labute approximate surface area is 178 Å². The summed E-state index contributed by atoms with van der Waals surface area (Å²) in [6, 6.07) is 14.3. The molecule has 31 heavy (non-hydrogen) atoms. The maximum absolute atomic E-state index is 13.5. The van der Waals surface area contributed by atoms with Crippen molar-refractivity contribution in [3.8, 4) is 5.75 Å². The fraction of sp³-hybridized carbons (Fsp3) is 0.304. The summed E-state index contributed by atoms with van der Waals surface area (Å²) in [7, 11) is 0. The first-order valence-corrected chi connectivity index (χ1v) is 10.2. The van der Waals surface area contributed by atoms with Crippen LogP contribution in [0.1, 0.15) is 36.8 Å². The third-order valence-electron chi connectivity index (χ3n) is 5.21. The lowest BCUT2D eigenvalue weighted by Crippen LogP contribution is -2.13. The minimum Gasteiger partial charge on any atom is -0.490 e. The normalized spacial score (nSPS) is 14.5. The molecule has 2 N–H and O–H groups in total. The first-order chi connectivity index (χ1) is 14.9. The summed E-state index contributed by atoms with van der Waals surface area (Å²) in [5, 5.41) is 5.75. The molecule has 1 aliphatic carbocycles. The second-order valence-corrected chi connectivity index (χ2v) is 7.57. The minimum absolute atomic E-state index is 0.0750. The highest BCUT2D eigenvalue weighted by molar-refractivity contribution is 5.64. The molecular formula is C23H23F3N4O. The Hall–Kier alpha value is -3.29. The molecule has 0 atom stereocenters. The van der Waals surface area contributed by atoms with Gasteiger partial charge in [0.2, 0.25) is 5.95 Å². The van der Waals surface area contributed by atoms with Gasteiger partial charge in [-0.25, -0.2) is 4.98 Å². The first kappa shape index (κ1) is 21.0. The van der Waals surface area contributed by atoms with E-state index in [0.29, 0.717) is 11.4 Å². The van der Waals surface area contributed by atoms with E-state index in [4.69, 9.17) is 4.74 Å². The van der Waals surface area contributed by atoms with Gasteiger partial charge < -0.3 is 15.4 Å². The number of hydrogen-bond acceptors (Lipinski definition) is 5. The highest BCUT2D eigenvalue weighted by Crippen LogP contribution is 2.36. The van der Waals surface area contributed by atoms with Crippen molar-refractivity contribution in [2.75, 3.05) is 10.6 Å². The van der Waals surface area contributed by atoms with Crippen LogP contribution in [-0.2, 0) is 6.18 Å². The molecule has 1 fully saturated rings. The number of aromatic nitrogens is 2. The number of aryl methyl sites for hydroxylation is 1. The smallest absolute Gasteiger partial charge is 0.421 e. The van der Waals surface area contributed by atoms with Gasteiger partial charge in [-0.15, -0.1) is 0 Å². The number of nitrogens with zero attached hydrogens (tertiary/aromatic N) is 2. The van der Waals surface area contributed by atoms with E-state index in [1.165, 1.54) is 0 Å². The molecule has 0 aliphatic heterocycles. The topological polar surface area (TPSA) is 59.1 Å². The number of alkyl halides is 3. The van der Waals surface area contributed by atoms with Gasteiger partial charge in [-0.2, -0.15) is 18.2 Å². The first-order valence-electron chi connectivity index (χ1n) is 10.2. The van der Waals surface area contributed by atoms with Gasteiger partial charge in [0.15, 0.2) is 0 Å². The summed E-state index contributed by atoms with van der Waals surface area (Å²) in [6.45, 7) is 1.89. The van der Waals surface area contributed by atoms with Crippen molar-refractivity contribution in [3.05, 3.63) is 65.9 Å². The van der Waals surface area contributed by atoms with Crippen molar-refractivity contribution < 1.29 is 17.9 Å². The Morgan fingerprint density at radius 3 is 2.35 bits per heavy atom. The van der Waals surface area contributed by atoms with Crippen LogP contribution < -0.4 is 15.4 Å². The molecule has 1 aromatic heterocycles. The zero-order chi connectivity index (χ0) is 21.8. The molecule has 0 bridgehead atoms. The number of rotatable bonds is 6. The molecule has 2 aromatic carbocycles. The predicted octanol–water partition coefficient (Wildman–Crippen LogP) is 6.61. The Kier molecular flexibility index (Phi) is 5.97. The highest BCUT2D eigenvalue weighted by Gasteiger charge is 2.35. The van der Waals surface area contributed by atoms with Crippen LogP contribution in [0.2, 0.25) is 0 Å². The molecule has 0 saturated heterocycles. The van der Waals surface area contributed by atoms with Crippen LogP contribution in [0.5, 0.6) is 5.75 Å². The average molecular weight is 428 g/mol. The van der Waals surface area contributed by atoms with Crippen molar-refractivity contribution in [1.82, 2.24) is 9.97 Å². The minimum atomic E-state index is -4.59. The van der Waals surface area contributed by atoms with E-state index in [1.54, 1.807) is 24.3 Å². The van der Waals surface area contributed by atoms with Crippen molar-refractivity contribution in [2.24, 2.45) is 0 Å². The number of nitrogens with one attached hydrogen (secondary N) is 2. The third-order valence-corrected chi connectivity index (χ3v) is 5.21. The Morgan fingerprint density at radius 1 is 0.968 bits per heavy atom. The van der Waals surface area contributed by atoms with E-state index in [0.717, 1.165) is 43.1 Å². The van der Waals surface area contributed by atoms with Gasteiger partial charge in [-0.3, -0.25) is 0 Å². The zero-order valence-corrected chi connectivity index (χ0v) is 17.0. The van der Waals surface area contributed by atoms with Gasteiger partial charge >= 0.3 is 6.18 Å². The maximum atomic E-state index is 13.5. The number of ether oxygens (including phenoxy) is 1. The van der Waals surface area contributed by atoms with Crippen molar-refractivity contribution in [2.45, 2.75) is 44.9 Å². The molecule has 1 heterocycles. The second kappa shape index (κ2) is 8.83. The van der Waals surface area contributed by atoms with Crippen LogP contribution in [-0.4, -0.2) is 16.1 Å². The van der Waals surface area contributed by atoms with Crippen LogP contribution >= 0.6 is 0 Å². The van der Waals surface area contributed by atoms with Crippen LogP contribution in [0.15, 0.2) is 54.7 Å². The number of anilines is 4. The molecule has 4 rings (SSSR count). The SMILES string of the molecule is Cc1ccccc1Nc1ncc(C(F)(F)F)c(Nc2ccc(OC3CCCC3)cc2)n1. The zero-order valence-electron chi connectivity index (χ0n) is 17.0. The van der Waals surface area contributed by atoms with Gasteiger partial charge in [0.05, 0.1) is 6.10 Å². The van der Waals surface area contributed by atoms with Crippen molar-refractivity contribution in [1.29, 1.82) is 0 Å². The lowest BCUT2D eigenvalue weighted by molar-refractivity contribution is -0.137. The van der Waals surface area contributed by atoms with Crippen molar-refractivity contribution >= 4 is 23.1 Å². The number of hydrogen-bond donors (Lipinski definition) is 2. The van der Waals surface area contributed by atoms with Gasteiger partial charge in [0.25, 0.3) is 0 Å². The Balaban J connectivity index is 1.55. The summed E-state index contributed by atoms with van der Waals surface area (Å²) in [5.41, 5.74) is 1.19. The van der Waals surface area contributed by atoms with Crippen molar-refractivity contribution in [3.63, 3.8) is 0 Å². The predicted molar refractivity (Wildman–Crippen MR) is 114 cm³/mol. The summed E-state index contributed by atoms with van der Waals surface area (Å²) in [5.74, 6) is 0.465. The quantitative estimate of drug-likeness (QED) is 0.462. The van der Waals surface area contributed by atoms with E-state index in [-0.39, 0.29) is 17.9 Å². The highest BCUT2D eigenvalue weighted by atomic mass is 19.4. The molecule has 8 heteroatoms. The Bertz CT molecular complexity index is 1030. The summed E-state index contributed by atoms with van der Waals surface area (Å²) in [4.78, 5) is 7.94. The van der Waals surface area contributed by atoms with E-state index in [2.05, 4.69) is 20.6 Å². The standard InChI is InChI=1S/C23H23F3N4O/c1-15-6-2-5-9-20(15)29-22-27-14-19(23(24,25)26)21(30-22)28-16-10-12-18(13-11-16)31-17-7-3-4-8-17/h2,5-6,9-14,17H,3-4,7-8H2,1H3,(H2,27,28,29,30). The van der Waals surface area contributed by atoms with E-state index >= 15 is 0 Å². The third kappa shape index (κ3) is 5.25. The van der Waals surface area contributed by atoms with E-state index < -0.39 is 11.7 Å². The molecule has 0 amide bonds. The largest absolute Gasteiger partial charge is 0.490 e. The lowest BCUT2D eigenvalue weighted by atomic mass is 10.2. The summed E-state index contributed by atoms with van der Waals surface area (Å²) < 4.78 is 46.4. The average Bonchev–Trinajstić information content (AvgIpc) is 3.24. The number of halogens is 3.